The molecule has 0 amide bonds. The molecule has 16 heavy (non-hydrogen) atoms. The molecule has 0 spiro atoms. The van der Waals surface area contributed by atoms with Gasteiger partial charge in [-0.2, -0.15) is 0 Å². The number of rotatable bonds is 4. The zero-order chi connectivity index (χ0) is 11.4. The van der Waals surface area contributed by atoms with Crippen LogP contribution < -0.4 is 4.74 Å². The number of thiazole rings is 1. The van der Waals surface area contributed by atoms with Crippen molar-refractivity contribution in [3.8, 4) is 5.75 Å². The first-order chi connectivity index (χ1) is 7.79. The summed E-state index contributed by atoms with van der Waals surface area (Å²) in [5.74, 6) is 0.744. The molecule has 0 aliphatic carbocycles. The third-order valence-electron chi connectivity index (χ3n) is 2.00. The maximum absolute atomic E-state index is 5.62. The highest BCUT2D eigenvalue weighted by molar-refractivity contribution is 9.10. The zero-order valence-electron chi connectivity index (χ0n) is 8.81. The van der Waals surface area contributed by atoms with Gasteiger partial charge in [0.05, 0.1) is 10.7 Å². The van der Waals surface area contributed by atoms with Gasteiger partial charge in [-0.25, -0.2) is 9.97 Å². The Bertz CT molecular complexity index is 473. The smallest absolute Gasteiger partial charge is 0.152 e. The second-order valence-electron chi connectivity index (χ2n) is 3.17. The number of aromatic nitrogens is 2. The van der Waals surface area contributed by atoms with Gasteiger partial charge >= 0.3 is 0 Å². The number of ether oxygens (including phenoxy) is 1. The molecule has 2 heterocycles. The number of hydrogen-bond acceptors (Lipinski definition) is 4. The monoisotopic (exact) mass is 298 g/mol. The Labute approximate surface area is 107 Å². The highest BCUT2D eigenvalue weighted by Crippen LogP contribution is 2.22. The number of pyridine rings is 1. The molecule has 0 saturated heterocycles. The van der Waals surface area contributed by atoms with Crippen LogP contribution in [0.15, 0.2) is 28.3 Å². The van der Waals surface area contributed by atoms with E-state index in [1.807, 2.05) is 17.5 Å². The van der Waals surface area contributed by atoms with Crippen LogP contribution in [-0.4, -0.2) is 9.97 Å². The van der Waals surface area contributed by atoms with Crippen LogP contribution >= 0.6 is 27.3 Å². The van der Waals surface area contributed by atoms with Crippen LogP contribution in [0.1, 0.15) is 17.6 Å². The Morgan fingerprint density at radius 1 is 1.50 bits per heavy atom. The van der Waals surface area contributed by atoms with Gasteiger partial charge < -0.3 is 4.74 Å². The van der Waals surface area contributed by atoms with E-state index in [1.54, 1.807) is 17.5 Å². The van der Waals surface area contributed by atoms with E-state index in [9.17, 15) is 0 Å². The van der Waals surface area contributed by atoms with Crippen LogP contribution in [0.3, 0.4) is 0 Å². The Kier molecular flexibility index (Phi) is 3.90. The molecule has 3 nitrogen and oxygen atoms in total. The van der Waals surface area contributed by atoms with Crippen molar-refractivity contribution in [2.45, 2.75) is 20.0 Å². The number of aryl methyl sites for hydroxylation is 1. The van der Waals surface area contributed by atoms with Crippen molar-refractivity contribution in [3.05, 3.63) is 39.0 Å². The summed E-state index contributed by atoms with van der Waals surface area (Å²) in [6, 6.07) is 3.72. The molecule has 2 aromatic rings. The maximum atomic E-state index is 5.62. The van der Waals surface area contributed by atoms with Gasteiger partial charge in [-0.05, 0) is 34.5 Å². The van der Waals surface area contributed by atoms with Gasteiger partial charge in [0, 0.05) is 11.6 Å². The minimum atomic E-state index is 0.487. The van der Waals surface area contributed by atoms with Crippen molar-refractivity contribution < 1.29 is 4.74 Å². The molecule has 0 aromatic carbocycles. The minimum Gasteiger partial charge on any atom is -0.484 e. The third-order valence-corrected chi connectivity index (χ3v) is 3.64. The number of hydrogen-bond donors (Lipinski definition) is 0. The van der Waals surface area contributed by atoms with Crippen LogP contribution in [0.25, 0.3) is 0 Å². The van der Waals surface area contributed by atoms with Gasteiger partial charge in [0.15, 0.2) is 5.75 Å². The molecule has 0 unspecified atom stereocenters. The number of nitrogens with zero attached hydrogens (tertiary/aromatic N) is 2. The molecule has 0 N–H and O–H groups in total. The van der Waals surface area contributed by atoms with Gasteiger partial charge in [0.1, 0.15) is 11.2 Å². The predicted molar refractivity (Wildman–Crippen MR) is 67.8 cm³/mol. The van der Waals surface area contributed by atoms with Crippen LogP contribution in [0.4, 0.5) is 0 Å². The van der Waals surface area contributed by atoms with Gasteiger partial charge in [0.2, 0.25) is 0 Å². The van der Waals surface area contributed by atoms with Crippen molar-refractivity contribution in [2.75, 3.05) is 0 Å². The fourth-order valence-electron chi connectivity index (χ4n) is 1.21. The molecular weight excluding hydrogens is 288 g/mol. The summed E-state index contributed by atoms with van der Waals surface area (Å²) in [6.07, 6.45) is 2.69. The summed E-state index contributed by atoms with van der Waals surface area (Å²) in [5, 5.41) is 3.17. The van der Waals surface area contributed by atoms with E-state index in [0.29, 0.717) is 6.61 Å². The average Bonchev–Trinajstić information content (AvgIpc) is 2.76. The van der Waals surface area contributed by atoms with Crippen molar-refractivity contribution in [2.24, 2.45) is 0 Å². The standard InChI is InChI=1S/C11H11BrN2OS/c1-2-10-14-8(7-16-10)6-15-9-4-3-5-13-11(9)12/h3-5,7H,2,6H2,1H3. The van der Waals surface area contributed by atoms with E-state index in [2.05, 4.69) is 32.8 Å². The first-order valence-electron chi connectivity index (χ1n) is 4.96. The van der Waals surface area contributed by atoms with Crippen molar-refractivity contribution in [1.82, 2.24) is 9.97 Å². The molecule has 0 fully saturated rings. The molecule has 84 valence electrons. The molecule has 0 saturated carbocycles. The SMILES string of the molecule is CCc1nc(COc2cccnc2Br)cs1. The van der Waals surface area contributed by atoms with E-state index in [1.165, 1.54) is 0 Å². The van der Waals surface area contributed by atoms with Crippen molar-refractivity contribution in [1.29, 1.82) is 0 Å². The van der Waals surface area contributed by atoms with E-state index >= 15 is 0 Å². The van der Waals surface area contributed by atoms with E-state index in [0.717, 1.165) is 27.5 Å². The first kappa shape index (κ1) is 11.5. The van der Waals surface area contributed by atoms with Crippen molar-refractivity contribution in [3.63, 3.8) is 0 Å². The quantitative estimate of drug-likeness (QED) is 0.811. The van der Waals surface area contributed by atoms with Gasteiger partial charge in [0.25, 0.3) is 0 Å². The number of halogens is 1. The lowest BCUT2D eigenvalue weighted by Gasteiger charge is -2.04. The highest BCUT2D eigenvalue weighted by Gasteiger charge is 2.04. The third kappa shape index (κ3) is 2.80. The molecule has 0 bridgehead atoms. The molecule has 0 aliphatic rings. The van der Waals surface area contributed by atoms with Crippen LogP contribution in [0.5, 0.6) is 5.75 Å². The lowest BCUT2D eigenvalue weighted by Crippen LogP contribution is -1.97. The lowest BCUT2D eigenvalue weighted by molar-refractivity contribution is 0.298. The normalized spacial score (nSPS) is 10.4. The Balaban J connectivity index is 1.99. The van der Waals surface area contributed by atoms with E-state index < -0.39 is 0 Å². The fraction of sp³-hybridized carbons (Fsp3) is 0.273. The first-order valence-corrected chi connectivity index (χ1v) is 6.63. The molecule has 0 atom stereocenters. The van der Waals surface area contributed by atoms with Crippen molar-refractivity contribution >= 4 is 27.3 Å². The summed E-state index contributed by atoms with van der Waals surface area (Å²) in [4.78, 5) is 8.52. The second kappa shape index (κ2) is 5.41. The fourth-order valence-corrected chi connectivity index (χ4v) is 2.30. The van der Waals surface area contributed by atoms with Crippen LogP contribution in [-0.2, 0) is 13.0 Å². The summed E-state index contributed by atoms with van der Waals surface area (Å²) < 4.78 is 6.34. The Morgan fingerprint density at radius 3 is 3.06 bits per heavy atom. The van der Waals surface area contributed by atoms with Gasteiger partial charge in [-0.3, -0.25) is 0 Å². The van der Waals surface area contributed by atoms with Gasteiger partial charge in [-0.1, -0.05) is 6.92 Å². The van der Waals surface area contributed by atoms with Gasteiger partial charge in [-0.15, -0.1) is 11.3 Å². The molecule has 5 heteroatoms. The summed E-state index contributed by atoms with van der Waals surface area (Å²) >= 11 is 5.01. The van der Waals surface area contributed by atoms with E-state index in [-0.39, 0.29) is 0 Å². The average molecular weight is 299 g/mol. The largest absolute Gasteiger partial charge is 0.484 e. The maximum Gasteiger partial charge on any atom is 0.152 e. The lowest BCUT2D eigenvalue weighted by atomic mass is 10.4. The topological polar surface area (TPSA) is 35.0 Å². The molecular formula is C11H11BrN2OS. The Hall–Kier alpha value is -0.940. The molecule has 0 radical (unpaired) electrons. The predicted octanol–water partition coefficient (Wildman–Crippen LogP) is 3.44. The Morgan fingerprint density at radius 2 is 2.38 bits per heavy atom. The second-order valence-corrected chi connectivity index (χ2v) is 4.86. The minimum absolute atomic E-state index is 0.487. The van der Waals surface area contributed by atoms with E-state index in [4.69, 9.17) is 4.74 Å². The van der Waals surface area contributed by atoms with Crippen LogP contribution in [0.2, 0.25) is 0 Å². The summed E-state index contributed by atoms with van der Waals surface area (Å²) in [7, 11) is 0. The zero-order valence-corrected chi connectivity index (χ0v) is 11.2. The van der Waals surface area contributed by atoms with Crippen LogP contribution in [0, 0.1) is 0 Å². The highest BCUT2D eigenvalue weighted by atomic mass is 79.9. The molecule has 0 aliphatic heterocycles. The molecule has 2 rings (SSSR count). The molecule has 2 aromatic heterocycles. The summed E-state index contributed by atoms with van der Waals surface area (Å²) in [6.45, 7) is 2.59. The summed E-state index contributed by atoms with van der Waals surface area (Å²) in [5.41, 5.74) is 0.970.